The average Bonchev–Trinajstić information content (AvgIpc) is 3.04. The molecule has 0 saturated carbocycles. The van der Waals surface area contributed by atoms with Crippen molar-refractivity contribution < 1.29 is 9.59 Å². The normalized spacial score (nSPS) is 10.8. The van der Waals surface area contributed by atoms with Crippen molar-refractivity contribution in [3.63, 3.8) is 0 Å². The van der Waals surface area contributed by atoms with Gasteiger partial charge in [0.15, 0.2) is 12.1 Å². The minimum atomic E-state index is -0.0434. The number of benzene rings is 3. The summed E-state index contributed by atoms with van der Waals surface area (Å²) in [7, 11) is 1.94. The van der Waals surface area contributed by atoms with Crippen molar-refractivity contribution in [1.82, 2.24) is 4.57 Å². The van der Waals surface area contributed by atoms with Crippen LogP contribution in [0.1, 0.15) is 26.3 Å². The van der Waals surface area contributed by atoms with E-state index in [4.69, 9.17) is 0 Å². The minimum Gasteiger partial charge on any atom is -0.350 e. The van der Waals surface area contributed by atoms with Gasteiger partial charge < -0.3 is 4.57 Å². The van der Waals surface area contributed by atoms with Gasteiger partial charge in [-0.25, -0.2) is 0 Å². The molecule has 1 heterocycles. The van der Waals surface area contributed by atoms with Gasteiger partial charge in [-0.1, -0.05) is 66.7 Å². The molecule has 126 valence electrons. The van der Waals surface area contributed by atoms with Gasteiger partial charge in [0, 0.05) is 40.8 Å². The zero-order valence-corrected chi connectivity index (χ0v) is 14.3. The maximum Gasteiger partial charge on any atom is 0.195 e. The molecule has 26 heavy (non-hydrogen) atoms. The van der Waals surface area contributed by atoms with E-state index in [0.29, 0.717) is 16.7 Å². The lowest BCUT2D eigenvalue weighted by Crippen LogP contribution is -2.04. The van der Waals surface area contributed by atoms with E-state index in [1.54, 1.807) is 6.07 Å². The van der Waals surface area contributed by atoms with E-state index in [1.165, 1.54) is 0 Å². The predicted octanol–water partition coefficient (Wildman–Crippen LogP) is 4.89. The fraction of sp³-hybridized carbons (Fsp3) is 0.0435. The van der Waals surface area contributed by atoms with Crippen molar-refractivity contribution in [2.45, 2.75) is 0 Å². The van der Waals surface area contributed by atoms with Crippen molar-refractivity contribution in [2.75, 3.05) is 0 Å². The molecule has 0 unspecified atom stereocenters. The third-order valence-corrected chi connectivity index (χ3v) is 4.69. The van der Waals surface area contributed by atoms with Crippen LogP contribution in [0.15, 0.2) is 79.0 Å². The first kappa shape index (κ1) is 16.0. The molecule has 3 heteroatoms. The zero-order chi connectivity index (χ0) is 18.1. The number of aldehydes is 1. The molecule has 0 amide bonds. The zero-order valence-electron chi connectivity index (χ0n) is 14.3. The Morgan fingerprint density at radius 3 is 2.27 bits per heavy atom. The van der Waals surface area contributed by atoms with Gasteiger partial charge in [-0.2, -0.15) is 0 Å². The van der Waals surface area contributed by atoms with Crippen LogP contribution < -0.4 is 0 Å². The summed E-state index contributed by atoms with van der Waals surface area (Å²) in [6.45, 7) is 0. The summed E-state index contributed by atoms with van der Waals surface area (Å²) in [5.41, 5.74) is 4.39. The number of carbonyl (C=O) groups is 2. The Kier molecular flexibility index (Phi) is 3.98. The van der Waals surface area contributed by atoms with Gasteiger partial charge >= 0.3 is 0 Å². The van der Waals surface area contributed by atoms with E-state index in [2.05, 4.69) is 0 Å². The number of hydrogen-bond donors (Lipinski definition) is 0. The lowest BCUT2D eigenvalue weighted by atomic mass is 9.91. The van der Waals surface area contributed by atoms with Gasteiger partial charge in [-0.3, -0.25) is 9.59 Å². The summed E-state index contributed by atoms with van der Waals surface area (Å²) >= 11 is 0. The molecule has 0 fully saturated rings. The highest BCUT2D eigenvalue weighted by Gasteiger charge is 2.19. The van der Waals surface area contributed by atoms with E-state index < -0.39 is 0 Å². The van der Waals surface area contributed by atoms with Crippen LogP contribution in [0.3, 0.4) is 0 Å². The number of para-hydroxylation sites is 1. The van der Waals surface area contributed by atoms with Crippen molar-refractivity contribution >= 4 is 23.0 Å². The summed E-state index contributed by atoms with van der Waals surface area (Å²) in [6, 6.07) is 22.6. The summed E-state index contributed by atoms with van der Waals surface area (Å²) in [5.74, 6) is -0.0434. The second-order valence-electron chi connectivity index (χ2n) is 6.25. The molecule has 0 aliphatic heterocycles. The van der Waals surface area contributed by atoms with Crippen LogP contribution in [0.5, 0.6) is 0 Å². The fourth-order valence-electron chi connectivity index (χ4n) is 3.43. The molecule has 0 aliphatic carbocycles. The minimum absolute atomic E-state index is 0.0434. The van der Waals surface area contributed by atoms with Crippen LogP contribution in [0.2, 0.25) is 0 Å². The van der Waals surface area contributed by atoms with Crippen LogP contribution in [0, 0.1) is 0 Å². The van der Waals surface area contributed by atoms with E-state index in [1.807, 2.05) is 84.5 Å². The van der Waals surface area contributed by atoms with Crippen LogP contribution in [0.25, 0.3) is 22.0 Å². The van der Waals surface area contributed by atoms with E-state index >= 15 is 0 Å². The van der Waals surface area contributed by atoms with Crippen LogP contribution in [0.4, 0.5) is 0 Å². The highest BCUT2D eigenvalue weighted by molar-refractivity contribution is 6.19. The third kappa shape index (κ3) is 2.54. The molecule has 3 nitrogen and oxygen atoms in total. The Labute approximate surface area is 151 Å². The van der Waals surface area contributed by atoms with Gasteiger partial charge in [0.2, 0.25) is 0 Å². The van der Waals surface area contributed by atoms with E-state index in [0.717, 1.165) is 28.3 Å². The number of carbonyl (C=O) groups excluding carboxylic acids is 2. The number of aryl methyl sites for hydroxylation is 1. The molecule has 0 saturated heterocycles. The number of rotatable bonds is 4. The van der Waals surface area contributed by atoms with E-state index in [9.17, 15) is 9.59 Å². The molecule has 4 rings (SSSR count). The van der Waals surface area contributed by atoms with Crippen molar-refractivity contribution in [2.24, 2.45) is 7.05 Å². The molecule has 1 aromatic heterocycles. The number of nitrogens with zero attached hydrogens (tertiary/aromatic N) is 1. The monoisotopic (exact) mass is 339 g/mol. The molecule has 3 aromatic carbocycles. The lowest BCUT2D eigenvalue weighted by Gasteiger charge is -2.10. The first-order valence-electron chi connectivity index (χ1n) is 8.43. The second-order valence-corrected chi connectivity index (χ2v) is 6.25. The molecular weight excluding hydrogens is 322 g/mol. The molecule has 0 radical (unpaired) electrons. The quantitative estimate of drug-likeness (QED) is 0.392. The van der Waals surface area contributed by atoms with Crippen molar-refractivity contribution in [3.05, 3.63) is 95.7 Å². The smallest absolute Gasteiger partial charge is 0.195 e. The van der Waals surface area contributed by atoms with Gasteiger partial charge in [-0.15, -0.1) is 0 Å². The first-order valence-corrected chi connectivity index (χ1v) is 8.43. The summed E-state index contributed by atoms with van der Waals surface area (Å²) in [6.07, 6.45) is 2.70. The Morgan fingerprint density at radius 2 is 1.46 bits per heavy atom. The average molecular weight is 339 g/mol. The standard InChI is InChI=1S/C23H17NO2/c1-24-14-21(19-11-6-7-13-22(19)24)23(26)20-12-5-4-10-18(20)17-9-3-2-8-16(17)15-25/h2-15H,1H3. The first-order chi connectivity index (χ1) is 12.7. The molecule has 0 atom stereocenters. The topological polar surface area (TPSA) is 39.1 Å². The lowest BCUT2D eigenvalue weighted by molar-refractivity contribution is 0.103. The van der Waals surface area contributed by atoms with Crippen molar-refractivity contribution in [1.29, 1.82) is 0 Å². The van der Waals surface area contributed by atoms with Gasteiger partial charge in [0.25, 0.3) is 0 Å². The Morgan fingerprint density at radius 1 is 0.808 bits per heavy atom. The number of ketones is 1. The molecular formula is C23H17NO2. The van der Waals surface area contributed by atoms with Gasteiger partial charge in [0.05, 0.1) is 0 Å². The SMILES string of the molecule is Cn1cc(C(=O)c2ccccc2-c2ccccc2C=O)c2ccccc21. The summed E-state index contributed by atoms with van der Waals surface area (Å²) in [4.78, 5) is 24.8. The van der Waals surface area contributed by atoms with Crippen LogP contribution in [-0.2, 0) is 7.05 Å². The van der Waals surface area contributed by atoms with Crippen LogP contribution >= 0.6 is 0 Å². The summed E-state index contributed by atoms with van der Waals surface area (Å²) in [5, 5.41) is 0.929. The highest BCUT2D eigenvalue weighted by Crippen LogP contribution is 2.30. The van der Waals surface area contributed by atoms with Gasteiger partial charge in [0.1, 0.15) is 0 Å². The Balaban J connectivity index is 1.92. The number of aromatic nitrogens is 1. The van der Waals surface area contributed by atoms with Gasteiger partial charge in [-0.05, 0) is 17.2 Å². The number of hydrogen-bond acceptors (Lipinski definition) is 2. The number of fused-ring (bicyclic) bond motifs is 1. The highest BCUT2D eigenvalue weighted by atomic mass is 16.1. The fourth-order valence-corrected chi connectivity index (χ4v) is 3.43. The maximum atomic E-state index is 13.4. The molecule has 0 bridgehead atoms. The predicted molar refractivity (Wildman–Crippen MR) is 104 cm³/mol. The molecule has 0 N–H and O–H groups in total. The molecule has 0 spiro atoms. The molecule has 4 aromatic rings. The summed E-state index contributed by atoms with van der Waals surface area (Å²) < 4.78 is 1.96. The second kappa shape index (κ2) is 6.45. The van der Waals surface area contributed by atoms with Crippen LogP contribution in [-0.4, -0.2) is 16.6 Å². The Hall–Kier alpha value is -3.46. The maximum absolute atomic E-state index is 13.4. The Bertz CT molecular complexity index is 1140. The third-order valence-electron chi connectivity index (χ3n) is 4.69. The van der Waals surface area contributed by atoms with Crippen molar-refractivity contribution in [3.8, 4) is 11.1 Å². The van der Waals surface area contributed by atoms with E-state index in [-0.39, 0.29) is 5.78 Å². The largest absolute Gasteiger partial charge is 0.350 e. The molecule has 0 aliphatic rings.